The van der Waals surface area contributed by atoms with E-state index in [9.17, 15) is 0 Å². The monoisotopic (exact) mass is 198 g/mol. The van der Waals surface area contributed by atoms with Gasteiger partial charge in [0, 0.05) is 13.2 Å². The molecule has 1 aliphatic heterocycles. The van der Waals surface area contributed by atoms with Crippen LogP contribution in [0.2, 0.25) is 0 Å². The summed E-state index contributed by atoms with van der Waals surface area (Å²) in [7, 11) is 0. The lowest BCUT2D eigenvalue weighted by Gasteiger charge is -2.33. The minimum absolute atomic E-state index is 0.298. The lowest BCUT2D eigenvalue weighted by atomic mass is 9.95. The largest absolute Gasteiger partial charge is 0.385 e. The van der Waals surface area contributed by atoms with E-state index in [0.29, 0.717) is 11.8 Å². The van der Waals surface area contributed by atoms with Crippen LogP contribution in [0, 0.1) is 5.92 Å². The fourth-order valence-corrected chi connectivity index (χ4v) is 1.58. The van der Waals surface area contributed by atoms with Crippen LogP contribution in [-0.2, 0) is 4.74 Å². The zero-order valence-corrected chi connectivity index (χ0v) is 9.55. The third-order valence-electron chi connectivity index (χ3n) is 2.64. The van der Waals surface area contributed by atoms with Crippen molar-refractivity contribution in [3.8, 4) is 0 Å². The van der Waals surface area contributed by atoms with Gasteiger partial charge in [0.05, 0.1) is 0 Å². The predicted molar refractivity (Wildman–Crippen MR) is 59.5 cm³/mol. The Labute approximate surface area is 86.7 Å². The van der Waals surface area contributed by atoms with E-state index in [1.807, 2.05) is 6.92 Å². The second kappa shape index (κ2) is 4.78. The second-order valence-electron chi connectivity index (χ2n) is 4.66. The molecule has 1 aliphatic rings. The maximum Gasteiger partial charge on any atom is 0.126 e. The van der Waals surface area contributed by atoms with Crippen molar-refractivity contribution in [3.05, 3.63) is 0 Å². The molecule has 1 rings (SSSR count). The average Bonchev–Trinajstić information content (AvgIpc) is 2.15. The standard InChI is InChI=1S/C11H22N2O/c1-9(2)8-13-10(12)11(3)6-4-5-7-14-11/h9H,4-8H2,1-3H3,(H2,12,13). The Balaban J connectivity index is 2.56. The summed E-state index contributed by atoms with van der Waals surface area (Å²) in [6, 6.07) is 0. The molecule has 0 amide bonds. The number of ether oxygens (including phenoxy) is 1. The third kappa shape index (κ3) is 2.98. The van der Waals surface area contributed by atoms with Gasteiger partial charge in [0.2, 0.25) is 0 Å². The van der Waals surface area contributed by atoms with Crippen LogP contribution in [0.3, 0.4) is 0 Å². The van der Waals surface area contributed by atoms with Gasteiger partial charge in [-0.15, -0.1) is 0 Å². The van der Waals surface area contributed by atoms with Crippen LogP contribution in [-0.4, -0.2) is 24.6 Å². The molecule has 0 bridgehead atoms. The minimum Gasteiger partial charge on any atom is -0.385 e. The number of hydrogen-bond donors (Lipinski definition) is 1. The van der Waals surface area contributed by atoms with Crippen molar-refractivity contribution >= 4 is 5.84 Å². The van der Waals surface area contributed by atoms with Gasteiger partial charge in [-0.05, 0) is 32.1 Å². The Hall–Kier alpha value is -0.570. The summed E-state index contributed by atoms with van der Waals surface area (Å²) in [4.78, 5) is 4.39. The summed E-state index contributed by atoms with van der Waals surface area (Å²) >= 11 is 0. The highest BCUT2D eigenvalue weighted by atomic mass is 16.5. The zero-order chi connectivity index (χ0) is 10.6. The Kier molecular flexibility index (Phi) is 3.93. The van der Waals surface area contributed by atoms with Gasteiger partial charge < -0.3 is 10.5 Å². The molecular weight excluding hydrogens is 176 g/mol. The van der Waals surface area contributed by atoms with Crippen LogP contribution >= 0.6 is 0 Å². The fourth-order valence-electron chi connectivity index (χ4n) is 1.58. The van der Waals surface area contributed by atoms with E-state index in [4.69, 9.17) is 10.5 Å². The summed E-state index contributed by atoms with van der Waals surface area (Å²) in [5, 5.41) is 0. The summed E-state index contributed by atoms with van der Waals surface area (Å²) in [5.74, 6) is 1.23. The van der Waals surface area contributed by atoms with Gasteiger partial charge in [-0.3, -0.25) is 4.99 Å². The molecule has 1 saturated heterocycles. The highest BCUT2D eigenvalue weighted by Gasteiger charge is 2.31. The predicted octanol–water partition coefficient (Wildman–Crippen LogP) is 1.96. The van der Waals surface area contributed by atoms with E-state index in [1.165, 1.54) is 6.42 Å². The quantitative estimate of drug-likeness (QED) is 0.556. The van der Waals surface area contributed by atoms with Crippen molar-refractivity contribution in [2.45, 2.75) is 45.6 Å². The smallest absolute Gasteiger partial charge is 0.126 e. The van der Waals surface area contributed by atoms with Crippen LogP contribution < -0.4 is 5.73 Å². The first-order valence-corrected chi connectivity index (χ1v) is 5.49. The van der Waals surface area contributed by atoms with Crippen molar-refractivity contribution in [2.75, 3.05) is 13.2 Å². The first kappa shape index (κ1) is 11.5. The van der Waals surface area contributed by atoms with Crippen molar-refractivity contribution < 1.29 is 4.74 Å². The van der Waals surface area contributed by atoms with E-state index in [0.717, 1.165) is 26.0 Å². The molecular formula is C11H22N2O. The summed E-state index contributed by atoms with van der Waals surface area (Å²) < 4.78 is 5.70. The molecule has 1 unspecified atom stereocenters. The molecule has 1 atom stereocenters. The van der Waals surface area contributed by atoms with Gasteiger partial charge in [-0.25, -0.2) is 0 Å². The Morgan fingerprint density at radius 2 is 2.21 bits per heavy atom. The highest BCUT2D eigenvalue weighted by molar-refractivity contribution is 5.88. The maximum atomic E-state index is 5.96. The van der Waals surface area contributed by atoms with Gasteiger partial charge in [0.25, 0.3) is 0 Å². The van der Waals surface area contributed by atoms with Crippen LogP contribution in [0.4, 0.5) is 0 Å². The van der Waals surface area contributed by atoms with Crippen molar-refractivity contribution in [2.24, 2.45) is 16.6 Å². The highest BCUT2D eigenvalue weighted by Crippen LogP contribution is 2.24. The second-order valence-corrected chi connectivity index (χ2v) is 4.66. The molecule has 1 fully saturated rings. The molecule has 0 saturated carbocycles. The summed E-state index contributed by atoms with van der Waals surface area (Å²) in [5.41, 5.74) is 5.66. The topological polar surface area (TPSA) is 47.6 Å². The molecule has 0 aromatic carbocycles. The fraction of sp³-hybridized carbons (Fsp3) is 0.909. The molecule has 3 nitrogen and oxygen atoms in total. The first-order valence-electron chi connectivity index (χ1n) is 5.49. The van der Waals surface area contributed by atoms with E-state index in [-0.39, 0.29) is 5.60 Å². The van der Waals surface area contributed by atoms with Crippen molar-refractivity contribution in [3.63, 3.8) is 0 Å². The Morgan fingerprint density at radius 3 is 2.71 bits per heavy atom. The molecule has 1 heterocycles. The molecule has 0 radical (unpaired) electrons. The van der Waals surface area contributed by atoms with Gasteiger partial charge >= 0.3 is 0 Å². The third-order valence-corrected chi connectivity index (χ3v) is 2.64. The number of hydrogen-bond acceptors (Lipinski definition) is 2. The van der Waals surface area contributed by atoms with Gasteiger partial charge in [0.1, 0.15) is 11.4 Å². The lowest BCUT2D eigenvalue weighted by Crippen LogP contribution is -2.46. The lowest BCUT2D eigenvalue weighted by molar-refractivity contribution is -0.0161. The Bertz CT molecular complexity index is 205. The molecule has 0 aromatic rings. The van der Waals surface area contributed by atoms with Gasteiger partial charge in [0.15, 0.2) is 0 Å². The Morgan fingerprint density at radius 1 is 1.50 bits per heavy atom. The van der Waals surface area contributed by atoms with Crippen LogP contribution in [0.25, 0.3) is 0 Å². The van der Waals surface area contributed by atoms with E-state index in [1.54, 1.807) is 0 Å². The molecule has 0 spiro atoms. The minimum atomic E-state index is -0.298. The van der Waals surface area contributed by atoms with E-state index < -0.39 is 0 Å². The molecule has 14 heavy (non-hydrogen) atoms. The molecule has 0 aliphatic carbocycles. The first-order chi connectivity index (χ1) is 6.54. The van der Waals surface area contributed by atoms with E-state index in [2.05, 4.69) is 18.8 Å². The molecule has 3 heteroatoms. The average molecular weight is 198 g/mol. The normalized spacial score (nSPS) is 29.6. The molecule has 2 N–H and O–H groups in total. The number of nitrogens with zero attached hydrogens (tertiary/aromatic N) is 1. The summed E-state index contributed by atoms with van der Waals surface area (Å²) in [6.45, 7) is 7.94. The van der Waals surface area contributed by atoms with Crippen LogP contribution in [0.15, 0.2) is 4.99 Å². The number of amidine groups is 1. The molecule has 82 valence electrons. The number of nitrogens with two attached hydrogens (primary N) is 1. The van der Waals surface area contributed by atoms with Gasteiger partial charge in [-0.2, -0.15) is 0 Å². The zero-order valence-electron chi connectivity index (χ0n) is 9.55. The van der Waals surface area contributed by atoms with Gasteiger partial charge in [-0.1, -0.05) is 13.8 Å². The number of aliphatic imine (C=N–C) groups is 1. The van der Waals surface area contributed by atoms with Crippen molar-refractivity contribution in [1.82, 2.24) is 0 Å². The maximum absolute atomic E-state index is 5.96. The SMILES string of the molecule is CC(C)CN=C(N)C1(C)CCCCO1. The van der Waals surface area contributed by atoms with Crippen molar-refractivity contribution in [1.29, 1.82) is 0 Å². The molecule has 0 aromatic heterocycles. The van der Waals surface area contributed by atoms with Crippen LogP contribution in [0.5, 0.6) is 0 Å². The van der Waals surface area contributed by atoms with E-state index >= 15 is 0 Å². The summed E-state index contributed by atoms with van der Waals surface area (Å²) in [6.07, 6.45) is 3.34. The van der Waals surface area contributed by atoms with Crippen LogP contribution in [0.1, 0.15) is 40.0 Å². The number of rotatable bonds is 3.